The van der Waals surface area contributed by atoms with Crippen LogP contribution in [0.2, 0.25) is 0 Å². The first-order chi connectivity index (χ1) is 12.8. The Morgan fingerprint density at radius 2 is 2.08 bits per heavy atom. The Bertz CT molecular complexity index is 826. The summed E-state index contributed by atoms with van der Waals surface area (Å²) in [5.41, 5.74) is 2.28. The van der Waals surface area contributed by atoms with Gasteiger partial charge in [-0.05, 0) is 30.5 Å². The zero-order valence-corrected chi connectivity index (χ0v) is 15.1. The molecule has 0 radical (unpaired) electrons. The van der Waals surface area contributed by atoms with Crippen LogP contribution in [0.5, 0.6) is 0 Å². The summed E-state index contributed by atoms with van der Waals surface area (Å²) < 4.78 is 8.07. The van der Waals surface area contributed by atoms with Gasteiger partial charge in [0.1, 0.15) is 11.5 Å². The summed E-state index contributed by atoms with van der Waals surface area (Å²) in [6.07, 6.45) is 13.8. The van der Waals surface area contributed by atoms with E-state index in [1.807, 2.05) is 24.8 Å². The van der Waals surface area contributed by atoms with E-state index < -0.39 is 0 Å². The van der Waals surface area contributed by atoms with Gasteiger partial charge in [-0.1, -0.05) is 13.3 Å². The van der Waals surface area contributed by atoms with Gasteiger partial charge in [-0.15, -0.1) is 0 Å². The molecule has 4 rings (SSSR count). The fourth-order valence-electron chi connectivity index (χ4n) is 3.65. The molecule has 1 aliphatic rings. The molecule has 3 aromatic heterocycles. The number of rotatable bonds is 7. The summed E-state index contributed by atoms with van der Waals surface area (Å²) in [5.74, 6) is 2.40. The Kier molecular flexibility index (Phi) is 5.11. The highest BCUT2D eigenvalue weighted by molar-refractivity contribution is 5.49. The van der Waals surface area contributed by atoms with Crippen LogP contribution < -0.4 is 0 Å². The average molecular weight is 351 g/mol. The van der Waals surface area contributed by atoms with E-state index in [1.165, 1.54) is 12.0 Å². The third-order valence-corrected chi connectivity index (χ3v) is 5.07. The Morgan fingerprint density at radius 1 is 1.19 bits per heavy atom. The molecular formula is C20H25N5O. The zero-order valence-electron chi connectivity index (χ0n) is 15.1. The van der Waals surface area contributed by atoms with Crippen molar-refractivity contribution in [3.63, 3.8) is 0 Å². The number of aryl methyl sites for hydroxylation is 1. The fourth-order valence-corrected chi connectivity index (χ4v) is 3.65. The van der Waals surface area contributed by atoms with Crippen LogP contribution in [0.3, 0.4) is 0 Å². The summed E-state index contributed by atoms with van der Waals surface area (Å²) in [5, 5.41) is 0. The molecule has 136 valence electrons. The van der Waals surface area contributed by atoms with E-state index in [-0.39, 0.29) is 6.04 Å². The Balaban J connectivity index is 1.54. The lowest BCUT2D eigenvalue weighted by Gasteiger charge is -2.21. The topological polar surface area (TPSA) is 68.6 Å². The van der Waals surface area contributed by atoms with Crippen molar-refractivity contribution in [2.24, 2.45) is 5.92 Å². The molecule has 4 heterocycles. The highest BCUT2D eigenvalue weighted by Gasteiger charge is 2.31. The number of hydrogen-bond acceptors (Lipinski definition) is 4. The van der Waals surface area contributed by atoms with Crippen molar-refractivity contribution in [1.82, 2.24) is 24.5 Å². The number of pyridine rings is 1. The number of aromatic amines is 1. The Labute approximate surface area is 153 Å². The SMILES string of the molecule is CCCCc1ncc(-c2nccn2[C@@H]2COC[C@@H]2Cc2ccncc2)[nH]1. The molecule has 3 aromatic rings. The number of unbranched alkanes of at least 4 members (excludes halogenated alkanes) is 1. The summed E-state index contributed by atoms with van der Waals surface area (Å²) in [6.45, 7) is 3.69. The molecule has 1 saturated heterocycles. The molecule has 0 unspecified atom stereocenters. The predicted octanol–water partition coefficient (Wildman–Crippen LogP) is 3.44. The summed E-state index contributed by atoms with van der Waals surface area (Å²) >= 11 is 0. The van der Waals surface area contributed by atoms with E-state index >= 15 is 0 Å². The van der Waals surface area contributed by atoms with Gasteiger partial charge in [0, 0.05) is 37.1 Å². The second-order valence-electron chi connectivity index (χ2n) is 6.93. The summed E-state index contributed by atoms with van der Waals surface area (Å²) in [4.78, 5) is 16.7. The van der Waals surface area contributed by atoms with Crippen LogP contribution in [0.15, 0.2) is 43.1 Å². The van der Waals surface area contributed by atoms with Crippen molar-refractivity contribution in [3.05, 3.63) is 54.5 Å². The molecular weight excluding hydrogens is 326 g/mol. The molecule has 1 fully saturated rings. The second kappa shape index (κ2) is 7.83. The van der Waals surface area contributed by atoms with Crippen LogP contribution in [-0.4, -0.2) is 37.7 Å². The van der Waals surface area contributed by atoms with Crippen molar-refractivity contribution < 1.29 is 4.74 Å². The molecule has 6 heteroatoms. The maximum absolute atomic E-state index is 5.82. The van der Waals surface area contributed by atoms with Gasteiger partial charge in [-0.3, -0.25) is 4.98 Å². The maximum Gasteiger partial charge on any atom is 0.158 e. The van der Waals surface area contributed by atoms with Gasteiger partial charge in [0.15, 0.2) is 5.82 Å². The van der Waals surface area contributed by atoms with Gasteiger partial charge in [0.2, 0.25) is 0 Å². The largest absolute Gasteiger partial charge is 0.379 e. The highest BCUT2D eigenvalue weighted by atomic mass is 16.5. The number of aromatic nitrogens is 5. The molecule has 1 N–H and O–H groups in total. The number of imidazole rings is 2. The van der Waals surface area contributed by atoms with Crippen LogP contribution in [0.1, 0.15) is 37.2 Å². The van der Waals surface area contributed by atoms with E-state index in [0.717, 1.165) is 49.8 Å². The first-order valence-electron chi connectivity index (χ1n) is 9.39. The molecule has 0 bridgehead atoms. The van der Waals surface area contributed by atoms with Gasteiger partial charge in [-0.25, -0.2) is 9.97 Å². The third kappa shape index (κ3) is 3.55. The van der Waals surface area contributed by atoms with E-state index in [2.05, 4.69) is 49.8 Å². The number of nitrogens with one attached hydrogen (secondary N) is 1. The fraction of sp³-hybridized carbons (Fsp3) is 0.450. The first kappa shape index (κ1) is 17.0. The quantitative estimate of drug-likeness (QED) is 0.708. The monoisotopic (exact) mass is 351 g/mol. The van der Waals surface area contributed by atoms with Crippen molar-refractivity contribution in [3.8, 4) is 11.5 Å². The lowest BCUT2D eigenvalue weighted by Crippen LogP contribution is -2.20. The number of hydrogen-bond donors (Lipinski definition) is 1. The zero-order chi connectivity index (χ0) is 17.8. The Hall–Kier alpha value is -2.47. The molecule has 1 aliphatic heterocycles. The van der Waals surface area contributed by atoms with Gasteiger partial charge in [-0.2, -0.15) is 0 Å². The molecule has 2 atom stereocenters. The molecule has 0 aromatic carbocycles. The smallest absolute Gasteiger partial charge is 0.158 e. The molecule has 0 aliphatic carbocycles. The van der Waals surface area contributed by atoms with Crippen LogP contribution in [0.25, 0.3) is 11.5 Å². The van der Waals surface area contributed by atoms with E-state index in [1.54, 1.807) is 0 Å². The molecule has 26 heavy (non-hydrogen) atoms. The average Bonchev–Trinajstić information content (AvgIpc) is 3.40. The third-order valence-electron chi connectivity index (χ3n) is 5.07. The van der Waals surface area contributed by atoms with Gasteiger partial charge in [0.05, 0.1) is 25.5 Å². The van der Waals surface area contributed by atoms with E-state index in [4.69, 9.17) is 4.74 Å². The summed E-state index contributed by atoms with van der Waals surface area (Å²) in [6, 6.07) is 4.45. The minimum absolute atomic E-state index is 0.281. The molecule has 0 amide bonds. The Morgan fingerprint density at radius 3 is 2.92 bits per heavy atom. The summed E-state index contributed by atoms with van der Waals surface area (Å²) in [7, 11) is 0. The van der Waals surface area contributed by atoms with Gasteiger partial charge >= 0.3 is 0 Å². The molecule has 0 spiro atoms. The predicted molar refractivity (Wildman–Crippen MR) is 99.7 cm³/mol. The maximum atomic E-state index is 5.82. The van der Waals surface area contributed by atoms with E-state index in [9.17, 15) is 0 Å². The minimum Gasteiger partial charge on any atom is -0.379 e. The normalized spacial score (nSPS) is 19.9. The number of H-pyrrole nitrogens is 1. The van der Waals surface area contributed by atoms with Crippen LogP contribution in [0.4, 0.5) is 0 Å². The van der Waals surface area contributed by atoms with Gasteiger partial charge in [0.25, 0.3) is 0 Å². The van der Waals surface area contributed by atoms with E-state index in [0.29, 0.717) is 5.92 Å². The number of nitrogens with zero attached hydrogens (tertiary/aromatic N) is 4. The van der Waals surface area contributed by atoms with Crippen molar-refractivity contribution >= 4 is 0 Å². The van der Waals surface area contributed by atoms with Crippen molar-refractivity contribution in [2.45, 2.75) is 38.6 Å². The van der Waals surface area contributed by atoms with Crippen LogP contribution in [-0.2, 0) is 17.6 Å². The van der Waals surface area contributed by atoms with Crippen LogP contribution in [0, 0.1) is 5.92 Å². The van der Waals surface area contributed by atoms with Crippen molar-refractivity contribution in [2.75, 3.05) is 13.2 Å². The minimum atomic E-state index is 0.281. The van der Waals surface area contributed by atoms with Crippen LogP contribution >= 0.6 is 0 Å². The first-order valence-corrected chi connectivity index (χ1v) is 9.39. The number of ether oxygens (including phenoxy) is 1. The lowest BCUT2D eigenvalue weighted by atomic mass is 9.95. The van der Waals surface area contributed by atoms with Gasteiger partial charge < -0.3 is 14.3 Å². The second-order valence-corrected chi connectivity index (χ2v) is 6.93. The molecule has 6 nitrogen and oxygen atoms in total. The molecule has 0 saturated carbocycles. The highest BCUT2D eigenvalue weighted by Crippen LogP contribution is 2.32. The lowest BCUT2D eigenvalue weighted by molar-refractivity contribution is 0.181. The standard InChI is InChI=1S/C20H25N5O/c1-2-3-4-19-23-12-17(24-19)20-22-9-10-25(20)18-14-26-13-16(18)11-15-5-7-21-8-6-15/h5-10,12,16,18H,2-4,11,13-14H2,1H3,(H,23,24)/t16-,18+/m0/s1. The van der Waals surface area contributed by atoms with Crippen molar-refractivity contribution in [1.29, 1.82) is 0 Å².